The molecule has 20 heavy (non-hydrogen) atoms. The first-order chi connectivity index (χ1) is 9.70. The minimum atomic E-state index is 0.219. The first-order valence-electron chi connectivity index (χ1n) is 7.76. The van der Waals surface area contributed by atoms with Gasteiger partial charge >= 0.3 is 0 Å². The van der Waals surface area contributed by atoms with Crippen molar-refractivity contribution in [1.29, 1.82) is 0 Å². The van der Waals surface area contributed by atoms with Gasteiger partial charge in [0.15, 0.2) is 0 Å². The third kappa shape index (κ3) is 4.07. The molecule has 2 N–H and O–H groups in total. The summed E-state index contributed by atoms with van der Waals surface area (Å²) in [4.78, 5) is 14.0. The van der Waals surface area contributed by atoms with Crippen LogP contribution >= 0.6 is 0 Å². The van der Waals surface area contributed by atoms with Gasteiger partial charge in [0.25, 0.3) is 0 Å². The second-order valence-electron chi connectivity index (χ2n) is 5.87. The Morgan fingerprint density at radius 2 is 1.85 bits per heavy atom. The topological polar surface area (TPSA) is 46.3 Å². The molecule has 1 aliphatic carbocycles. The summed E-state index contributed by atoms with van der Waals surface area (Å²) in [7, 11) is 1.86. The lowest BCUT2D eigenvalue weighted by Gasteiger charge is -2.23. The molecule has 1 amide bonds. The highest BCUT2D eigenvalue weighted by Crippen LogP contribution is 2.27. The van der Waals surface area contributed by atoms with E-state index in [2.05, 4.69) is 0 Å². The predicted molar refractivity (Wildman–Crippen MR) is 83.6 cm³/mol. The van der Waals surface area contributed by atoms with Crippen LogP contribution in [-0.2, 0) is 11.3 Å². The average Bonchev–Trinajstić information content (AvgIpc) is 2.53. The van der Waals surface area contributed by atoms with Crippen molar-refractivity contribution in [3.05, 3.63) is 29.8 Å². The molecule has 0 radical (unpaired) electrons. The third-order valence-corrected chi connectivity index (χ3v) is 4.42. The fraction of sp³-hybridized carbons (Fsp3) is 0.588. The van der Waals surface area contributed by atoms with Gasteiger partial charge in [0.2, 0.25) is 5.91 Å². The Kier molecular flexibility index (Phi) is 5.60. The van der Waals surface area contributed by atoms with Crippen molar-refractivity contribution >= 4 is 11.6 Å². The van der Waals surface area contributed by atoms with E-state index in [0.29, 0.717) is 13.0 Å². The van der Waals surface area contributed by atoms with Gasteiger partial charge in [-0.15, -0.1) is 0 Å². The molecule has 1 aromatic rings. The zero-order valence-corrected chi connectivity index (χ0v) is 12.5. The standard InChI is InChI=1S/C17H26N2O/c1-19(16-10-7-15(13-18)8-11-16)17(20)12-9-14-5-3-2-4-6-14/h7-8,10-11,14H,2-6,9,12-13,18H2,1H3. The van der Waals surface area contributed by atoms with Crippen LogP contribution in [0.5, 0.6) is 0 Å². The highest BCUT2D eigenvalue weighted by molar-refractivity contribution is 5.92. The maximum Gasteiger partial charge on any atom is 0.226 e. The molecule has 0 saturated heterocycles. The fourth-order valence-corrected chi connectivity index (χ4v) is 2.97. The van der Waals surface area contributed by atoms with Gasteiger partial charge in [0.1, 0.15) is 0 Å². The van der Waals surface area contributed by atoms with Gasteiger partial charge < -0.3 is 10.6 Å². The van der Waals surface area contributed by atoms with Crippen molar-refractivity contribution in [3.8, 4) is 0 Å². The Labute approximate surface area is 122 Å². The van der Waals surface area contributed by atoms with E-state index in [-0.39, 0.29) is 5.91 Å². The highest BCUT2D eigenvalue weighted by atomic mass is 16.2. The van der Waals surface area contributed by atoms with Crippen molar-refractivity contribution in [3.63, 3.8) is 0 Å². The summed E-state index contributed by atoms with van der Waals surface area (Å²) in [5.74, 6) is 0.983. The van der Waals surface area contributed by atoms with E-state index in [0.717, 1.165) is 23.6 Å². The van der Waals surface area contributed by atoms with Crippen LogP contribution in [0.1, 0.15) is 50.5 Å². The SMILES string of the molecule is CN(C(=O)CCC1CCCCC1)c1ccc(CN)cc1. The van der Waals surface area contributed by atoms with E-state index in [4.69, 9.17) is 5.73 Å². The summed E-state index contributed by atoms with van der Waals surface area (Å²) in [6.07, 6.45) is 8.39. The maximum absolute atomic E-state index is 12.2. The largest absolute Gasteiger partial charge is 0.326 e. The van der Waals surface area contributed by atoms with Crippen LogP contribution in [0.2, 0.25) is 0 Å². The molecule has 1 saturated carbocycles. The van der Waals surface area contributed by atoms with Crippen molar-refractivity contribution in [2.24, 2.45) is 11.7 Å². The van der Waals surface area contributed by atoms with Crippen molar-refractivity contribution in [2.45, 2.75) is 51.5 Å². The predicted octanol–water partition coefficient (Wildman–Crippen LogP) is 3.47. The summed E-state index contributed by atoms with van der Waals surface area (Å²) in [5.41, 5.74) is 7.63. The molecule has 3 nitrogen and oxygen atoms in total. The van der Waals surface area contributed by atoms with Gasteiger partial charge in [-0.25, -0.2) is 0 Å². The highest BCUT2D eigenvalue weighted by Gasteiger charge is 2.17. The molecule has 0 aromatic heterocycles. The summed E-state index contributed by atoms with van der Waals surface area (Å²) < 4.78 is 0. The lowest BCUT2D eigenvalue weighted by molar-refractivity contribution is -0.118. The van der Waals surface area contributed by atoms with Crippen LogP contribution in [0.15, 0.2) is 24.3 Å². The van der Waals surface area contributed by atoms with Gasteiger partial charge in [0.05, 0.1) is 0 Å². The molecule has 0 unspecified atom stereocenters. The quantitative estimate of drug-likeness (QED) is 0.893. The van der Waals surface area contributed by atoms with Crippen LogP contribution in [-0.4, -0.2) is 13.0 Å². The first kappa shape index (κ1) is 15.0. The number of nitrogens with two attached hydrogens (primary N) is 1. The minimum Gasteiger partial charge on any atom is -0.326 e. The van der Waals surface area contributed by atoms with Crippen LogP contribution in [0.3, 0.4) is 0 Å². The van der Waals surface area contributed by atoms with Crippen LogP contribution in [0.4, 0.5) is 5.69 Å². The summed E-state index contributed by atoms with van der Waals surface area (Å²) >= 11 is 0. The normalized spacial score (nSPS) is 16.1. The minimum absolute atomic E-state index is 0.219. The molecule has 0 atom stereocenters. The van der Waals surface area contributed by atoms with Crippen LogP contribution < -0.4 is 10.6 Å². The lowest BCUT2D eigenvalue weighted by atomic mass is 9.86. The second-order valence-corrected chi connectivity index (χ2v) is 5.87. The van der Waals surface area contributed by atoms with E-state index in [1.807, 2.05) is 31.3 Å². The molecule has 1 aliphatic rings. The average molecular weight is 274 g/mol. The van der Waals surface area contributed by atoms with Crippen LogP contribution in [0.25, 0.3) is 0 Å². The van der Waals surface area contributed by atoms with Gasteiger partial charge in [0, 0.05) is 25.7 Å². The van der Waals surface area contributed by atoms with Crippen molar-refractivity contribution in [1.82, 2.24) is 0 Å². The molecule has 1 fully saturated rings. The number of benzene rings is 1. The molecular weight excluding hydrogens is 248 g/mol. The number of anilines is 1. The van der Waals surface area contributed by atoms with E-state index >= 15 is 0 Å². The second kappa shape index (κ2) is 7.44. The summed E-state index contributed by atoms with van der Waals surface area (Å²) in [5, 5.41) is 0. The molecule has 0 bridgehead atoms. The molecule has 0 aliphatic heterocycles. The zero-order valence-electron chi connectivity index (χ0n) is 12.5. The number of hydrogen-bond donors (Lipinski definition) is 1. The van der Waals surface area contributed by atoms with Gasteiger partial charge in [-0.2, -0.15) is 0 Å². The number of hydrogen-bond acceptors (Lipinski definition) is 2. The molecule has 0 heterocycles. The number of nitrogens with zero attached hydrogens (tertiary/aromatic N) is 1. The number of carbonyl (C=O) groups excluding carboxylic acids is 1. The van der Waals surface area contributed by atoms with E-state index in [1.54, 1.807) is 4.90 Å². The molecule has 3 heteroatoms. The summed E-state index contributed by atoms with van der Waals surface area (Å²) in [6, 6.07) is 7.92. The monoisotopic (exact) mass is 274 g/mol. The Morgan fingerprint density at radius 3 is 2.45 bits per heavy atom. The van der Waals surface area contributed by atoms with Gasteiger partial charge in [-0.3, -0.25) is 4.79 Å². The van der Waals surface area contributed by atoms with E-state index in [1.165, 1.54) is 32.1 Å². The number of carbonyl (C=O) groups is 1. The van der Waals surface area contributed by atoms with E-state index in [9.17, 15) is 4.79 Å². The third-order valence-electron chi connectivity index (χ3n) is 4.42. The van der Waals surface area contributed by atoms with Gasteiger partial charge in [-0.05, 0) is 30.0 Å². The molecule has 0 spiro atoms. The fourth-order valence-electron chi connectivity index (χ4n) is 2.97. The zero-order chi connectivity index (χ0) is 14.4. The van der Waals surface area contributed by atoms with E-state index < -0.39 is 0 Å². The molecule has 2 rings (SSSR count). The van der Waals surface area contributed by atoms with Crippen molar-refractivity contribution in [2.75, 3.05) is 11.9 Å². The Balaban J connectivity index is 1.83. The van der Waals surface area contributed by atoms with Crippen LogP contribution in [0, 0.1) is 5.92 Å². The molecule has 1 aromatic carbocycles. The first-order valence-corrected chi connectivity index (χ1v) is 7.76. The molecule has 110 valence electrons. The summed E-state index contributed by atoms with van der Waals surface area (Å²) in [6.45, 7) is 0.541. The Bertz CT molecular complexity index is 421. The Hall–Kier alpha value is -1.35. The maximum atomic E-state index is 12.2. The lowest BCUT2D eigenvalue weighted by Crippen LogP contribution is -2.26. The number of amides is 1. The Morgan fingerprint density at radius 1 is 1.20 bits per heavy atom. The molecular formula is C17H26N2O. The smallest absolute Gasteiger partial charge is 0.226 e. The van der Waals surface area contributed by atoms with Gasteiger partial charge in [-0.1, -0.05) is 44.2 Å². The number of rotatable bonds is 5. The van der Waals surface area contributed by atoms with Crippen molar-refractivity contribution < 1.29 is 4.79 Å².